The Bertz CT molecular complexity index is 462. The van der Waals surface area contributed by atoms with E-state index in [-0.39, 0.29) is 39.5 Å². The predicted octanol–water partition coefficient (Wildman–Crippen LogP) is -3.03. The molecule has 0 fully saturated rings. The number of amides is 1. The van der Waals surface area contributed by atoms with Crippen LogP contribution < -0.4 is 39.4 Å². The Balaban J connectivity index is 0.00000196. The SMILES string of the molecule is O=C([O-])NS(=O)(=O)c1ccccc1Cl.[Na+]. The van der Waals surface area contributed by atoms with E-state index in [4.69, 9.17) is 11.6 Å². The number of carboxylic acid groups (broad SMARTS) is 1. The smallest absolute Gasteiger partial charge is 0.529 e. The van der Waals surface area contributed by atoms with Gasteiger partial charge in [0, 0.05) is 0 Å². The van der Waals surface area contributed by atoms with E-state index in [0.717, 1.165) is 0 Å². The van der Waals surface area contributed by atoms with Crippen molar-refractivity contribution in [3.8, 4) is 0 Å². The van der Waals surface area contributed by atoms with Gasteiger partial charge in [0.15, 0.2) is 0 Å². The van der Waals surface area contributed by atoms with Crippen molar-refractivity contribution in [2.45, 2.75) is 4.90 Å². The number of halogens is 1. The number of carbonyl (C=O) groups is 1. The van der Waals surface area contributed by atoms with Gasteiger partial charge in [-0.05, 0) is 12.1 Å². The van der Waals surface area contributed by atoms with Gasteiger partial charge in [0.2, 0.25) is 0 Å². The van der Waals surface area contributed by atoms with Crippen LogP contribution in [-0.2, 0) is 10.0 Å². The van der Waals surface area contributed by atoms with Crippen molar-refractivity contribution < 1.29 is 47.9 Å². The summed E-state index contributed by atoms with van der Waals surface area (Å²) in [4.78, 5) is 9.75. The van der Waals surface area contributed by atoms with E-state index in [2.05, 4.69) is 0 Å². The molecule has 15 heavy (non-hydrogen) atoms. The van der Waals surface area contributed by atoms with E-state index < -0.39 is 16.1 Å². The number of benzene rings is 1. The fraction of sp³-hybridized carbons (Fsp3) is 0. The van der Waals surface area contributed by atoms with Crippen LogP contribution in [0.4, 0.5) is 4.79 Å². The first-order valence-electron chi connectivity index (χ1n) is 3.42. The summed E-state index contributed by atoms with van der Waals surface area (Å²) in [6.07, 6.45) is -1.90. The van der Waals surface area contributed by atoms with Crippen molar-refractivity contribution in [1.82, 2.24) is 4.72 Å². The molecule has 0 saturated heterocycles. The predicted molar refractivity (Wildman–Crippen MR) is 47.2 cm³/mol. The van der Waals surface area contributed by atoms with Gasteiger partial charge in [-0.15, -0.1) is 0 Å². The number of rotatable bonds is 2. The van der Waals surface area contributed by atoms with E-state index in [1.807, 2.05) is 0 Å². The first-order valence-corrected chi connectivity index (χ1v) is 5.28. The molecule has 1 aromatic carbocycles. The number of hydrogen-bond donors (Lipinski definition) is 1. The van der Waals surface area contributed by atoms with E-state index >= 15 is 0 Å². The van der Waals surface area contributed by atoms with Crippen LogP contribution in [0.15, 0.2) is 29.2 Å². The van der Waals surface area contributed by atoms with Gasteiger partial charge in [-0.3, -0.25) is 4.72 Å². The van der Waals surface area contributed by atoms with E-state index in [1.165, 1.54) is 29.0 Å². The standard InChI is InChI=1S/C7H6ClNO4S.Na/c8-5-3-1-2-4-6(5)14(12,13)9-7(10)11;/h1-4,9H,(H,10,11);/q;+1/p-1. The van der Waals surface area contributed by atoms with Crippen LogP contribution in [0.2, 0.25) is 5.02 Å². The third kappa shape index (κ3) is 4.00. The molecule has 0 heterocycles. The summed E-state index contributed by atoms with van der Waals surface area (Å²) in [5.74, 6) is 0. The van der Waals surface area contributed by atoms with Gasteiger partial charge in [-0.1, -0.05) is 23.7 Å². The van der Waals surface area contributed by atoms with Crippen LogP contribution in [0.25, 0.3) is 0 Å². The van der Waals surface area contributed by atoms with E-state index in [0.29, 0.717) is 0 Å². The van der Waals surface area contributed by atoms with Crippen molar-refractivity contribution >= 4 is 27.7 Å². The van der Waals surface area contributed by atoms with Crippen LogP contribution >= 0.6 is 11.6 Å². The summed E-state index contributed by atoms with van der Waals surface area (Å²) in [5.41, 5.74) is 0. The molecule has 0 aliphatic carbocycles. The second-order valence-electron chi connectivity index (χ2n) is 2.32. The van der Waals surface area contributed by atoms with Crippen molar-refractivity contribution in [1.29, 1.82) is 0 Å². The Hall–Kier alpha value is -0.270. The first-order chi connectivity index (χ1) is 6.43. The average molecular weight is 258 g/mol. The molecule has 0 bridgehead atoms. The van der Waals surface area contributed by atoms with Crippen LogP contribution in [0, 0.1) is 0 Å². The Morgan fingerprint density at radius 3 is 2.33 bits per heavy atom. The minimum atomic E-state index is -4.13. The molecule has 0 spiro atoms. The third-order valence-corrected chi connectivity index (χ3v) is 3.16. The summed E-state index contributed by atoms with van der Waals surface area (Å²) in [7, 11) is -4.13. The summed E-state index contributed by atoms with van der Waals surface area (Å²) < 4.78 is 23.8. The maximum absolute atomic E-state index is 11.2. The van der Waals surface area contributed by atoms with Crippen LogP contribution in [0.3, 0.4) is 0 Å². The van der Waals surface area contributed by atoms with Gasteiger partial charge in [0.25, 0.3) is 10.0 Å². The molecule has 5 nitrogen and oxygen atoms in total. The Kier molecular flexibility index (Phi) is 5.61. The molecule has 0 atom stereocenters. The Morgan fingerprint density at radius 1 is 1.33 bits per heavy atom. The van der Waals surface area contributed by atoms with Gasteiger partial charge in [0.05, 0.1) is 5.02 Å². The van der Waals surface area contributed by atoms with Crippen molar-refractivity contribution in [3.05, 3.63) is 29.3 Å². The monoisotopic (exact) mass is 257 g/mol. The molecule has 0 unspecified atom stereocenters. The normalized spacial score (nSPS) is 10.2. The summed E-state index contributed by atoms with van der Waals surface area (Å²) in [5, 5.41) is 10.0. The largest absolute Gasteiger partial charge is 1.00 e. The molecule has 0 saturated carbocycles. The van der Waals surface area contributed by atoms with Gasteiger partial charge >= 0.3 is 29.6 Å². The fourth-order valence-electron chi connectivity index (χ4n) is 0.827. The minimum absolute atomic E-state index is 0. The fourth-order valence-corrected chi connectivity index (χ4v) is 2.18. The maximum Gasteiger partial charge on any atom is 1.00 e. The number of hydrogen-bond acceptors (Lipinski definition) is 4. The zero-order valence-corrected chi connectivity index (χ0v) is 11.3. The molecule has 1 N–H and O–H groups in total. The first kappa shape index (κ1) is 14.7. The van der Waals surface area contributed by atoms with Crippen LogP contribution in [-0.4, -0.2) is 14.5 Å². The number of carbonyl (C=O) groups excluding carboxylic acids is 1. The maximum atomic E-state index is 11.2. The zero-order valence-electron chi connectivity index (χ0n) is 7.73. The van der Waals surface area contributed by atoms with Crippen molar-refractivity contribution in [2.24, 2.45) is 0 Å². The molecule has 0 aliphatic heterocycles. The summed E-state index contributed by atoms with van der Waals surface area (Å²) in [6, 6.07) is 5.48. The van der Waals surface area contributed by atoms with Gasteiger partial charge in [-0.25, -0.2) is 8.42 Å². The second-order valence-corrected chi connectivity index (χ2v) is 4.38. The Morgan fingerprint density at radius 2 is 1.87 bits per heavy atom. The molecule has 1 amide bonds. The molecule has 1 rings (SSSR count). The van der Waals surface area contributed by atoms with Gasteiger partial charge in [-0.2, -0.15) is 0 Å². The van der Waals surface area contributed by atoms with Crippen LogP contribution in [0.1, 0.15) is 0 Å². The minimum Gasteiger partial charge on any atom is -0.529 e. The molecular formula is C7H5ClNNaO4S. The van der Waals surface area contributed by atoms with Crippen molar-refractivity contribution in [3.63, 3.8) is 0 Å². The zero-order chi connectivity index (χ0) is 10.8. The third-order valence-electron chi connectivity index (χ3n) is 1.34. The second kappa shape index (κ2) is 5.72. The van der Waals surface area contributed by atoms with Crippen LogP contribution in [0.5, 0.6) is 0 Å². The molecule has 0 radical (unpaired) electrons. The Labute approximate surface area is 114 Å². The molecule has 1 aromatic rings. The van der Waals surface area contributed by atoms with E-state index in [9.17, 15) is 18.3 Å². The molecule has 0 aliphatic rings. The molecule has 8 heteroatoms. The topological polar surface area (TPSA) is 86.3 Å². The summed E-state index contributed by atoms with van der Waals surface area (Å²) >= 11 is 5.56. The van der Waals surface area contributed by atoms with E-state index in [1.54, 1.807) is 0 Å². The number of sulfonamides is 1. The number of nitrogens with one attached hydrogen (secondary N) is 1. The molecular weight excluding hydrogens is 253 g/mol. The average Bonchev–Trinajstić information content (AvgIpc) is 2.02. The van der Waals surface area contributed by atoms with Gasteiger partial charge in [0.1, 0.15) is 11.0 Å². The molecule has 76 valence electrons. The summed E-state index contributed by atoms with van der Waals surface area (Å²) in [6.45, 7) is 0. The van der Waals surface area contributed by atoms with Gasteiger partial charge < -0.3 is 9.90 Å². The quantitative estimate of drug-likeness (QED) is 0.571. The van der Waals surface area contributed by atoms with Crippen molar-refractivity contribution in [2.75, 3.05) is 0 Å². The molecule has 0 aromatic heterocycles.